The second kappa shape index (κ2) is 11.5. The average molecular weight is 729 g/mol. The summed E-state index contributed by atoms with van der Waals surface area (Å²) in [4.78, 5) is 45.2. The van der Waals surface area contributed by atoms with Crippen molar-refractivity contribution in [3.8, 4) is 17.0 Å². The van der Waals surface area contributed by atoms with Crippen molar-refractivity contribution in [1.29, 1.82) is 0 Å². The first kappa shape index (κ1) is 33.9. The minimum Gasteiger partial charge on any atom is -0.497 e. The number of nitrogens with zero attached hydrogens (tertiary/aromatic N) is 3. The van der Waals surface area contributed by atoms with Crippen molar-refractivity contribution in [3.05, 3.63) is 53.1 Å². The number of benzene rings is 2. The largest absolute Gasteiger partial charge is 0.497 e. The van der Waals surface area contributed by atoms with Crippen LogP contribution < -0.4 is 9.46 Å². The zero-order chi connectivity index (χ0) is 36.4. The monoisotopic (exact) mass is 728 g/mol. The van der Waals surface area contributed by atoms with Gasteiger partial charge in [0.05, 0.1) is 36.7 Å². The summed E-state index contributed by atoms with van der Waals surface area (Å²) in [5, 5.41) is 0.299. The molecule has 6 aliphatic rings. The van der Waals surface area contributed by atoms with Crippen molar-refractivity contribution >= 4 is 38.6 Å². The topological polar surface area (TPSA) is 127 Å². The van der Waals surface area contributed by atoms with Crippen LogP contribution in [0.4, 0.5) is 0 Å². The van der Waals surface area contributed by atoms with Gasteiger partial charge >= 0.3 is 0 Å². The number of methoxy groups -OCH3 is 1. The molecule has 9 rings (SSSR count). The van der Waals surface area contributed by atoms with E-state index in [1.165, 1.54) is 12.0 Å². The summed E-state index contributed by atoms with van der Waals surface area (Å²) in [7, 11) is -2.16. The summed E-state index contributed by atoms with van der Waals surface area (Å²) in [6.07, 6.45) is 6.33. The Hall–Kier alpha value is -3.90. The van der Waals surface area contributed by atoms with Gasteiger partial charge in [0.15, 0.2) is 0 Å². The molecule has 3 saturated heterocycles. The minimum atomic E-state index is -3.83. The Bertz CT molecular complexity index is 2130. The van der Waals surface area contributed by atoms with E-state index in [0.29, 0.717) is 58.3 Å². The predicted molar refractivity (Wildman–Crippen MR) is 196 cm³/mol. The fourth-order valence-corrected chi connectivity index (χ4v) is 11.3. The van der Waals surface area contributed by atoms with Crippen LogP contribution in [0.3, 0.4) is 0 Å². The maximum absolute atomic E-state index is 15.2. The van der Waals surface area contributed by atoms with Crippen LogP contribution in [-0.2, 0) is 30.9 Å². The third-order valence-electron chi connectivity index (χ3n) is 13.7. The first-order valence-electron chi connectivity index (χ1n) is 18.9. The Balaban J connectivity index is 1.18. The Kier molecular flexibility index (Phi) is 7.53. The molecule has 0 spiro atoms. The molecule has 4 aliphatic heterocycles. The highest BCUT2D eigenvalue weighted by molar-refractivity contribution is 7.90. The number of amides is 3. The van der Waals surface area contributed by atoms with Gasteiger partial charge < -0.3 is 23.8 Å². The standard InChI is InChI=1S/C40H48N4O7S/c1-24(2)52(48,49)41-36(46)27-10-12-30-33(14-27)44-21-40(37(47)43-19-38-17-42(25(3)45)18-39(38,20-43)23-51-22-38)16-32(40)31-15-28(50-4)11-13-29(31)35(44)34(30)26-8-6-5-7-9-26/h10-15,24,26,32H,5-9,16-23H2,1-4H3,(H,41,46)/t32-,38?,39?,40-/m0/s1. The highest BCUT2D eigenvalue weighted by Crippen LogP contribution is 2.67. The lowest BCUT2D eigenvalue weighted by Crippen LogP contribution is -2.44. The van der Waals surface area contributed by atoms with E-state index in [1.807, 2.05) is 23.1 Å². The molecule has 5 fully saturated rings. The number of fused-ring (bicyclic) bond motifs is 7. The molecule has 2 aromatic carbocycles. The zero-order valence-electron chi connectivity index (χ0n) is 30.5. The molecule has 5 heterocycles. The van der Waals surface area contributed by atoms with Crippen LogP contribution in [0.1, 0.15) is 92.6 Å². The number of sulfonamides is 1. The van der Waals surface area contributed by atoms with Crippen molar-refractivity contribution in [1.82, 2.24) is 19.1 Å². The van der Waals surface area contributed by atoms with Gasteiger partial charge in [0.25, 0.3) is 5.91 Å². The molecular weight excluding hydrogens is 681 g/mol. The van der Waals surface area contributed by atoms with Gasteiger partial charge in [0, 0.05) is 78.4 Å². The normalized spacial score (nSPS) is 29.3. The molecule has 1 N–H and O–H groups in total. The molecular formula is C40H48N4O7S. The summed E-state index contributed by atoms with van der Waals surface area (Å²) < 4.78 is 41.8. The molecule has 52 heavy (non-hydrogen) atoms. The van der Waals surface area contributed by atoms with Crippen molar-refractivity contribution in [3.63, 3.8) is 0 Å². The molecule has 276 valence electrons. The first-order valence-corrected chi connectivity index (χ1v) is 20.4. The second-order valence-corrected chi connectivity index (χ2v) is 19.1. The first-order chi connectivity index (χ1) is 24.8. The van der Waals surface area contributed by atoms with Crippen LogP contribution in [0, 0.1) is 16.2 Å². The number of rotatable bonds is 6. The Labute approximate surface area is 305 Å². The van der Waals surface area contributed by atoms with Gasteiger partial charge in [-0.3, -0.25) is 14.4 Å². The van der Waals surface area contributed by atoms with E-state index >= 15 is 4.79 Å². The second-order valence-electron chi connectivity index (χ2n) is 16.9. The summed E-state index contributed by atoms with van der Waals surface area (Å²) in [6, 6.07) is 11.8. The summed E-state index contributed by atoms with van der Waals surface area (Å²) >= 11 is 0. The molecule has 0 radical (unpaired) electrons. The lowest BCUT2D eigenvalue weighted by molar-refractivity contribution is -0.138. The number of hydrogen-bond acceptors (Lipinski definition) is 7. The van der Waals surface area contributed by atoms with Crippen LogP contribution in [0.2, 0.25) is 0 Å². The van der Waals surface area contributed by atoms with Gasteiger partial charge in [-0.2, -0.15) is 0 Å². The van der Waals surface area contributed by atoms with Crippen LogP contribution in [-0.4, -0.2) is 92.3 Å². The smallest absolute Gasteiger partial charge is 0.264 e. The number of hydrogen-bond donors (Lipinski definition) is 1. The Morgan fingerprint density at radius 2 is 1.62 bits per heavy atom. The number of aromatic nitrogens is 1. The summed E-state index contributed by atoms with van der Waals surface area (Å²) in [6.45, 7) is 8.61. The lowest BCUT2D eigenvalue weighted by Gasteiger charge is -2.30. The SMILES string of the molecule is COc1ccc2c(c1)[C@@H]1C[C@]1(C(=O)N1CC34COCC3(CN(C(C)=O)C4)C1)Cn1c-2c(C2CCCCC2)c2ccc(C(=O)NS(=O)(=O)C(C)C)cc21. The van der Waals surface area contributed by atoms with E-state index in [0.717, 1.165) is 59.2 Å². The molecule has 12 heteroatoms. The highest BCUT2D eigenvalue weighted by Gasteiger charge is 2.71. The summed E-state index contributed by atoms with van der Waals surface area (Å²) in [5.41, 5.74) is 4.47. The third kappa shape index (κ3) is 4.78. The molecule has 3 amide bonds. The van der Waals surface area contributed by atoms with Crippen molar-refractivity contribution < 1.29 is 32.3 Å². The molecule has 2 saturated carbocycles. The number of nitrogens with one attached hydrogen (secondary N) is 1. The van der Waals surface area contributed by atoms with E-state index in [2.05, 4.69) is 26.3 Å². The number of likely N-dealkylation sites (tertiary alicyclic amines) is 2. The lowest BCUT2D eigenvalue weighted by atomic mass is 9.71. The Morgan fingerprint density at radius 1 is 0.923 bits per heavy atom. The van der Waals surface area contributed by atoms with Gasteiger partial charge in [0.2, 0.25) is 21.8 Å². The van der Waals surface area contributed by atoms with E-state index in [1.54, 1.807) is 33.9 Å². The maximum atomic E-state index is 15.2. The molecule has 3 aromatic rings. The van der Waals surface area contributed by atoms with Crippen molar-refractivity contribution in [2.45, 2.75) is 82.9 Å². The Morgan fingerprint density at radius 3 is 2.27 bits per heavy atom. The molecule has 1 aromatic heterocycles. The number of carbonyl (C=O) groups is 3. The molecule has 4 atom stereocenters. The van der Waals surface area contributed by atoms with Crippen LogP contribution in [0.25, 0.3) is 22.2 Å². The van der Waals surface area contributed by atoms with Crippen molar-refractivity contribution in [2.75, 3.05) is 46.5 Å². The van der Waals surface area contributed by atoms with E-state index in [4.69, 9.17) is 9.47 Å². The summed E-state index contributed by atoms with van der Waals surface area (Å²) in [5.74, 6) is 0.618. The van der Waals surface area contributed by atoms with E-state index in [9.17, 15) is 18.0 Å². The molecule has 2 unspecified atom stereocenters. The number of carbonyl (C=O) groups excluding carboxylic acids is 3. The van der Waals surface area contributed by atoms with Gasteiger partial charge in [-0.1, -0.05) is 25.3 Å². The van der Waals surface area contributed by atoms with Crippen LogP contribution in [0.15, 0.2) is 36.4 Å². The van der Waals surface area contributed by atoms with E-state index < -0.39 is 26.6 Å². The number of ether oxygens (including phenoxy) is 2. The fourth-order valence-electron chi connectivity index (χ4n) is 10.7. The minimum absolute atomic E-state index is 0.0119. The van der Waals surface area contributed by atoms with Crippen molar-refractivity contribution in [2.24, 2.45) is 16.2 Å². The van der Waals surface area contributed by atoms with E-state index in [-0.39, 0.29) is 34.1 Å². The predicted octanol–water partition coefficient (Wildman–Crippen LogP) is 5.03. The van der Waals surface area contributed by atoms with Gasteiger partial charge in [-0.15, -0.1) is 0 Å². The maximum Gasteiger partial charge on any atom is 0.264 e. The third-order valence-corrected chi connectivity index (χ3v) is 15.4. The highest BCUT2D eigenvalue weighted by atomic mass is 32.2. The van der Waals surface area contributed by atoms with Crippen LogP contribution in [0.5, 0.6) is 5.75 Å². The van der Waals surface area contributed by atoms with Gasteiger partial charge in [-0.05, 0) is 80.5 Å². The van der Waals surface area contributed by atoms with Crippen LogP contribution >= 0.6 is 0 Å². The van der Waals surface area contributed by atoms with Gasteiger partial charge in [-0.25, -0.2) is 13.1 Å². The quantitative estimate of drug-likeness (QED) is 0.378. The average Bonchev–Trinajstić information content (AvgIpc) is 3.30. The molecule has 2 aliphatic carbocycles. The van der Waals surface area contributed by atoms with Gasteiger partial charge in [0.1, 0.15) is 5.75 Å². The fraction of sp³-hybridized carbons (Fsp3) is 0.575. The molecule has 0 bridgehead atoms. The zero-order valence-corrected chi connectivity index (χ0v) is 31.3. The molecule has 11 nitrogen and oxygen atoms in total.